The van der Waals surface area contributed by atoms with E-state index in [0.29, 0.717) is 47.0 Å². The van der Waals surface area contributed by atoms with Gasteiger partial charge in [-0.1, -0.05) is 6.42 Å². The van der Waals surface area contributed by atoms with Gasteiger partial charge in [-0.3, -0.25) is 0 Å². The molecule has 2 atom stereocenters. The molecule has 0 amide bonds. The van der Waals surface area contributed by atoms with Crippen LogP contribution in [0.1, 0.15) is 25.7 Å². The highest BCUT2D eigenvalue weighted by Crippen LogP contribution is 2.34. The van der Waals surface area contributed by atoms with Crippen LogP contribution in [0.5, 0.6) is 11.5 Å². The average molecular weight is 380 g/mol. The molecular formula is C17H24N4O4S. The third kappa shape index (κ3) is 3.77. The van der Waals surface area contributed by atoms with E-state index in [4.69, 9.17) is 15.2 Å². The van der Waals surface area contributed by atoms with Crippen molar-refractivity contribution < 1.29 is 17.9 Å². The van der Waals surface area contributed by atoms with Crippen molar-refractivity contribution in [2.24, 2.45) is 0 Å². The first kappa shape index (κ1) is 18.5. The predicted molar refractivity (Wildman–Crippen MR) is 102 cm³/mol. The summed E-state index contributed by atoms with van der Waals surface area (Å²) in [6.45, 7) is 0. The molecule has 1 aliphatic carbocycles. The quantitative estimate of drug-likeness (QED) is 0.809. The molecule has 2 aromatic rings. The molecular weight excluding hydrogens is 356 g/mol. The molecule has 1 aromatic carbocycles. The minimum atomic E-state index is -3.05. The Hall–Kier alpha value is -2.29. The molecule has 0 spiro atoms. The highest BCUT2D eigenvalue weighted by Gasteiger charge is 2.29. The number of nitrogens with one attached hydrogen (secondary N) is 1. The lowest BCUT2D eigenvalue weighted by atomic mass is 9.95. The zero-order chi connectivity index (χ0) is 18.9. The first-order valence-electron chi connectivity index (χ1n) is 8.46. The van der Waals surface area contributed by atoms with Gasteiger partial charge in [0.25, 0.3) is 0 Å². The Balaban J connectivity index is 1.89. The lowest BCUT2D eigenvalue weighted by Gasteiger charge is -2.28. The van der Waals surface area contributed by atoms with Gasteiger partial charge in [0.2, 0.25) is 5.95 Å². The fourth-order valence-electron chi connectivity index (χ4n) is 3.39. The van der Waals surface area contributed by atoms with Gasteiger partial charge in [-0.2, -0.15) is 4.98 Å². The maximum Gasteiger partial charge on any atom is 0.225 e. The maximum absolute atomic E-state index is 11.8. The molecule has 3 N–H and O–H groups in total. The zero-order valence-electron chi connectivity index (χ0n) is 15.2. The standard InChI is InChI=1S/C17H24N4O4S/c1-24-14-8-12-13(9-15(14)25-2)20-17(21-16(12)18)19-10-5-4-6-11(7-10)26(3,22)23/h8-11H,4-7H2,1-3H3,(H3,18,19,20,21). The van der Waals surface area contributed by atoms with Crippen molar-refractivity contribution in [3.8, 4) is 11.5 Å². The van der Waals surface area contributed by atoms with Gasteiger partial charge in [0.15, 0.2) is 11.5 Å². The van der Waals surface area contributed by atoms with Crippen LogP contribution in [0.4, 0.5) is 11.8 Å². The van der Waals surface area contributed by atoms with Crippen molar-refractivity contribution in [1.82, 2.24) is 9.97 Å². The Labute approximate surface area is 153 Å². The summed E-state index contributed by atoms with van der Waals surface area (Å²) >= 11 is 0. The number of nitrogens with zero attached hydrogens (tertiary/aromatic N) is 2. The first-order valence-corrected chi connectivity index (χ1v) is 10.4. The van der Waals surface area contributed by atoms with E-state index < -0.39 is 9.84 Å². The summed E-state index contributed by atoms with van der Waals surface area (Å²) in [5.74, 6) is 1.83. The van der Waals surface area contributed by atoms with Gasteiger partial charge in [0.1, 0.15) is 15.7 Å². The second-order valence-corrected chi connectivity index (χ2v) is 8.94. The van der Waals surface area contributed by atoms with E-state index in [1.165, 1.54) is 6.26 Å². The summed E-state index contributed by atoms with van der Waals surface area (Å²) in [6, 6.07) is 3.49. The summed E-state index contributed by atoms with van der Waals surface area (Å²) < 4.78 is 34.3. The highest BCUT2D eigenvalue weighted by molar-refractivity contribution is 7.91. The molecule has 2 unspecified atom stereocenters. The molecule has 1 fully saturated rings. The molecule has 8 nitrogen and oxygen atoms in total. The Morgan fingerprint density at radius 3 is 2.50 bits per heavy atom. The number of nitrogens with two attached hydrogens (primary N) is 1. The van der Waals surface area contributed by atoms with E-state index in [1.807, 2.05) is 0 Å². The van der Waals surface area contributed by atoms with E-state index in [9.17, 15) is 8.42 Å². The van der Waals surface area contributed by atoms with Gasteiger partial charge < -0.3 is 20.5 Å². The summed E-state index contributed by atoms with van der Waals surface area (Å²) in [5.41, 5.74) is 6.72. The van der Waals surface area contributed by atoms with Crippen molar-refractivity contribution in [2.45, 2.75) is 37.0 Å². The molecule has 1 aromatic heterocycles. The van der Waals surface area contributed by atoms with Crippen LogP contribution in [0.2, 0.25) is 0 Å². The fraction of sp³-hybridized carbons (Fsp3) is 0.529. The van der Waals surface area contributed by atoms with Gasteiger partial charge in [0.05, 0.1) is 25.0 Å². The lowest BCUT2D eigenvalue weighted by molar-refractivity contribution is 0.356. The van der Waals surface area contributed by atoms with E-state index in [1.54, 1.807) is 26.4 Å². The largest absolute Gasteiger partial charge is 0.493 e. The topological polar surface area (TPSA) is 116 Å². The van der Waals surface area contributed by atoms with Crippen molar-refractivity contribution in [1.29, 1.82) is 0 Å². The second kappa shape index (κ2) is 7.14. The molecule has 1 saturated carbocycles. The number of aromatic nitrogens is 2. The van der Waals surface area contributed by atoms with E-state index >= 15 is 0 Å². The van der Waals surface area contributed by atoms with Crippen molar-refractivity contribution in [3.05, 3.63) is 12.1 Å². The normalized spacial score (nSPS) is 20.7. The smallest absolute Gasteiger partial charge is 0.225 e. The van der Waals surface area contributed by atoms with Gasteiger partial charge in [-0.25, -0.2) is 13.4 Å². The monoisotopic (exact) mass is 380 g/mol. The number of benzene rings is 1. The van der Waals surface area contributed by atoms with Crippen LogP contribution in [0.15, 0.2) is 12.1 Å². The van der Waals surface area contributed by atoms with Gasteiger partial charge in [-0.05, 0) is 25.3 Å². The number of ether oxygens (including phenoxy) is 2. The van der Waals surface area contributed by atoms with Crippen molar-refractivity contribution in [3.63, 3.8) is 0 Å². The van der Waals surface area contributed by atoms with Crippen LogP contribution in [0.3, 0.4) is 0 Å². The molecule has 1 aliphatic rings. The number of methoxy groups -OCH3 is 2. The molecule has 1 heterocycles. The molecule has 26 heavy (non-hydrogen) atoms. The summed E-state index contributed by atoms with van der Waals surface area (Å²) in [6.07, 6.45) is 4.27. The Morgan fingerprint density at radius 2 is 1.85 bits per heavy atom. The molecule has 0 bridgehead atoms. The molecule has 0 radical (unpaired) electrons. The first-order chi connectivity index (χ1) is 12.3. The van der Waals surface area contributed by atoms with Crippen LogP contribution < -0.4 is 20.5 Å². The van der Waals surface area contributed by atoms with E-state index in [-0.39, 0.29) is 11.3 Å². The van der Waals surface area contributed by atoms with Crippen LogP contribution >= 0.6 is 0 Å². The third-order valence-corrected chi connectivity index (χ3v) is 6.43. The summed E-state index contributed by atoms with van der Waals surface area (Å²) in [5, 5.41) is 3.59. The minimum absolute atomic E-state index is 0.000434. The molecule has 0 aliphatic heterocycles. The van der Waals surface area contributed by atoms with Crippen LogP contribution in [-0.2, 0) is 9.84 Å². The van der Waals surface area contributed by atoms with Gasteiger partial charge in [-0.15, -0.1) is 0 Å². The Kier molecular flexibility index (Phi) is 5.08. The fourth-order valence-corrected chi connectivity index (χ4v) is 4.57. The Morgan fingerprint density at radius 1 is 1.15 bits per heavy atom. The molecule has 142 valence electrons. The van der Waals surface area contributed by atoms with Crippen LogP contribution in [0.25, 0.3) is 10.9 Å². The number of hydrogen-bond donors (Lipinski definition) is 2. The second-order valence-electron chi connectivity index (χ2n) is 6.62. The summed E-state index contributed by atoms with van der Waals surface area (Å²) in [7, 11) is 0.0633. The number of rotatable bonds is 5. The third-order valence-electron chi connectivity index (χ3n) is 4.80. The maximum atomic E-state index is 11.8. The molecule has 3 rings (SSSR count). The van der Waals surface area contributed by atoms with Crippen molar-refractivity contribution >= 4 is 32.5 Å². The van der Waals surface area contributed by atoms with Gasteiger partial charge >= 0.3 is 0 Å². The summed E-state index contributed by atoms with van der Waals surface area (Å²) in [4.78, 5) is 8.84. The van der Waals surface area contributed by atoms with E-state index in [0.717, 1.165) is 12.8 Å². The number of anilines is 2. The highest BCUT2D eigenvalue weighted by atomic mass is 32.2. The molecule has 0 saturated heterocycles. The van der Waals surface area contributed by atoms with Crippen LogP contribution in [-0.4, -0.2) is 50.2 Å². The average Bonchev–Trinajstić information content (AvgIpc) is 2.60. The number of hydrogen-bond acceptors (Lipinski definition) is 8. The number of fused-ring (bicyclic) bond motifs is 1. The minimum Gasteiger partial charge on any atom is -0.493 e. The molecule has 9 heteroatoms. The SMILES string of the molecule is COc1cc2nc(NC3CCCC(S(C)(=O)=O)C3)nc(N)c2cc1OC. The zero-order valence-corrected chi connectivity index (χ0v) is 16.0. The van der Waals surface area contributed by atoms with E-state index in [2.05, 4.69) is 15.3 Å². The number of sulfone groups is 1. The van der Waals surface area contributed by atoms with Crippen LogP contribution in [0, 0.1) is 0 Å². The Bertz CT molecular complexity index is 917. The van der Waals surface area contributed by atoms with Crippen molar-refractivity contribution in [2.75, 3.05) is 31.5 Å². The van der Waals surface area contributed by atoms with Gasteiger partial charge in [0, 0.05) is 23.8 Å². The lowest BCUT2D eigenvalue weighted by Crippen LogP contribution is -2.34. The number of nitrogen functional groups attached to an aromatic ring is 1. The predicted octanol–water partition coefficient (Wildman–Crippen LogP) is 2.00.